The summed E-state index contributed by atoms with van der Waals surface area (Å²) in [6.07, 6.45) is -0.905. The molecule has 1 atom stereocenters. The number of ketones is 1. The molecule has 0 bridgehead atoms. The first-order valence-corrected chi connectivity index (χ1v) is 9.85. The van der Waals surface area contributed by atoms with Crippen LogP contribution in [0.3, 0.4) is 0 Å². The van der Waals surface area contributed by atoms with Crippen LogP contribution in [0.25, 0.3) is 11.0 Å². The van der Waals surface area contributed by atoms with Gasteiger partial charge >= 0.3 is 0 Å². The standard InChI is InChI=1S/C24H17ClFNO4/c1-14(30-18-12-10-17(26)11-13-18)24(29)27-21-19-4-2-3-5-20(19)31-23(21)22(28)15-6-8-16(25)9-7-15/h2-14H,1H3,(H,27,29)/t14-/m0/s1. The summed E-state index contributed by atoms with van der Waals surface area (Å²) in [4.78, 5) is 25.9. The van der Waals surface area contributed by atoms with Gasteiger partial charge in [0.05, 0.1) is 5.69 Å². The molecule has 1 N–H and O–H groups in total. The Labute approximate surface area is 182 Å². The Hall–Kier alpha value is -3.64. The summed E-state index contributed by atoms with van der Waals surface area (Å²) in [6.45, 7) is 1.56. The second-order valence-electron chi connectivity index (χ2n) is 6.84. The van der Waals surface area contributed by atoms with Gasteiger partial charge in [-0.15, -0.1) is 0 Å². The second-order valence-corrected chi connectivity index (χ2v) is 7.28. The van der Waals surface area contributed by atoms with E-state index in [1.165, 1.54) is 24.3 Å². The highest BCUT2D eigenvalue weighted by Crippen LogP contribution is 2.33. The molecule has 1 aromatic heterocycles. The van der Waals surface area contributed by atoms with Gasteiger partial charge in [0, 0.05) is 16.0 Å². The summed E-state index contributed by atoms with van der Waals surface area (Å²) in [5.41, 5.74) is 1.09. The molecule has 4 aromatic rings. The number of benzene rings is 3. The maximum Gasteiger partial charge on any atom is 0.265 e. The van der Waals surface area contributed by atoms with Crippen LogP contribution in [-0.2, 0) is 4.79 Å². The van der Waals surface area contributed by atoms with Gasteiger partial charge in [-0.25, -0.2) is 4.39 Å². The molecule has 0 saturated carbocycles. The van der Waals surface area contributed by atoms with Crippen LogP contribution in [-0.4, -0.2) is 17.8 Å². The summed E-state index contributed by atoms with van der Waals surface area (Å²) in [5, 5.41) is 3.83. The van der Waals surface area contributed by atoms with E-state index in [0.29, 0.717) is 27.3 Å². The number of hydrogen-bond acceptors (Lipinski definition) is 4. The van der Waals surface area contributed by atoms with Crippen LogP contribution >= 0.6 is 11.6 Å². The number of fused-ring (bicyclic) bond motifs is 1. The molecule has 0 aliphatic rings. The third-order valence-electron chi connectivity index (χ3n) is 4.65. The number of para-hydroxylation sites is 1. The molecule has 7 heteroatoms. The van der Waals surface area contributed by atoms with Crippen molar-refractivity contribution in [1.82, 2.24) is 0 Å². The molecule has 0 fully saturated rings. The number of amides is 1. The minimum atomic E-state index is -0.905. The average Bonchev–Trinajstić information content (AvgIpc) is 3.13. The summed E-state index contributed by atoms with van der Waals surface area (Å²) in [7, 11) is 0. The van der Waals surface area contributed by atoms with Crippen molar-refractivity contribution in [3.8, 4) is 5.75 Å². The molecule has 0 radical (unpaired) electrons. The summed E-state index contributed by atoms with van der Waals surface area (Å²) >= 11 is 5.91. The fourth-order valence-corrected chi connectivity index (χ4v) is 3.18. The number of carbonyl (C=O) groups excluding carboxylic acids is 2. The van der Waals surface area contributed by atoms with E-state index >= 15 is 0 Å². The van der Waals surface area contributed by atoms with Crippen LogP contribution in [0.1, 0.15) is 23.0 Å². The topological polar surface area (TPSA) is 68.5 Å². The van der Waals surface area contributed by atoms with Crippen molar-refractivity contribution >= 4 is 39.9 Å². The Morgan fingerprint density at radius 1 is 1.00 bits per heavy atom. The summed E-state index contributed by atoms with van der Waals surface area (Å²) in [6, 6.07) is 18.7. The van der Waals surface area contributed by atoms with Crippen LogP contribution in [0.2, 0.25) is 5.02 Å². The highest BCUT2D eigenvalue weighted by Gasteiger charge is 2.25. The number of carbonyl (C=O) groups is 2. The molecule has 1 amide bonds. The highest BCUT2D eigenvalue weighted by atomic mass is 35.5. The Morgan fingerprint density at radius 3 is 2.39 bits per heavy atom. The lowest BCUT2D eigenvalue weighted by atomic mass is 10.1. The molecule has 156 valence electrons. The zero-order valence-corrected chi connectivity index (χ0v) is 17.2. The van der Waals surface area contributed by atoms with Crippen LogP contribution in [0.4, 0.5) is 10.1 Å². The predicted molar refractivity (Wildman–Crippen MR) is 116 cm³/mol. The van der Waals surface area contributed by atoms with Gasteiger partial charge in [-0.3, -0.25) is 9.59 Å². The van der Waals surface area contributed by atoms with Crippen molar-refractivity contribution in [1.29, 1.82) is 0 Å². The van der Waals surface area contributed by atoms with E-state index in [1.54, 1.807) is 55.5 Å². The van der Waals surface area contributed by atoms with Crippen molar-refractivity contribution < 1.29 is 23.1 Å². The molecule has 1 heterocycles. The first-order chi connectivity index (χ1) is 14.9. The van der Waals surface area contributed by atoms with E-state index in [4.69, 9.17) is 20.8 Å². The van der Waals surface area contributed by atoms with E-state index in [0.717, 1.165) is 0 Å². The quantitative estimate of drug-likeness (QED) is 0.383. The molecule has 5 nitrogen and oxygen atoms in total. The summed E-state index contributed by atoms with van der Waals surface area (Å²) in [5.74, 6) is -0.930. The minimum Gasteiger partial charge on any atom is -0.481 e. The third-order valence-corrected chi connectivity index (χ3v) is 4.90. The fourth-order valence-electron chi connectivity index (χ4n) is 3.06. The number of rotatable bonds is 6. The molecule has 0 saturated heterocycles. The van der Waals surface area contributed by atoms with Gasteiger partial charge in [0.25, 0.3) is 5.91 Å². The molecule has 31 heavy (non-hydrogen) atoms. The Kier molecular flexibility index (Phi) is 5.73. The van der Waals surface area contributed by atoms with Crippen molar-refractivity contribution in [3.05, 3.63) is 95.0 Å². The lowest BCUT2D eigenvalue weighted by Gasteiger charge is -2.15. The van der Waals surface area contributed by atoms with Gasteiger partial charge in [0.15, 0.2) is 11.9 Å². The third kappa shape index (κ3) is 4.44. The number of nitrogens with one attached hydrogen (secondary N) is 1. The first kappa shape index (κ1) is 20.6. The lowest BCUT2D eigenvalue weighted by molar-refractivity contribution is -0.122. The maximum absolute atomic E-state index is 13.1. The predicted octanol–water partition coefficient (Wildman–Crippen LogP) is 5.86. The molecule has 0 aliphatic heterocycles. The van der Waals surface area contributed by atoms with Gasteiger partial charge in [-0.1, -0.05) is 23.7 Å². The van der Waals surface area contributed by atoms with Crippen LogP contribution in [0.15, 0.2) is 77.2 Å². The van der Waals surface area contributed by atoms with Crippen LogP contribution in [0, 0.1) is 5.82 Å². The van der Waals surface area contributed by atoms with Crippen LogP contribution in [0.5, 0.6) is 5.75 Å². The number of ether oxygens (including phenoxy) is 1. The molecule has 0 spiro atoms. The van der Waals surface area contributed by atoms with Gasteiger partial charge in [-0.2, -0.15) is 0 Å². The van der Waals surface area contributed by atoms with Crippen molar-refractivity contribution in [2.75, 3.05) is 5.32 Å². The smallest absolute Gasteiger partial charge is 0.265 e. The number of halogens is 2. The molecular weight excluding hydrogens is 421 g/mol. The van der Waals surface area contributed by atoms with Crippen molar-refractivity contribution in [3.63, 3.8) is 0 Å². The van der Waals surface area contributed by atoms with Gasteiger partial charge in [0.1, 0.15) is 17.1 Å². The number of anilines is 1. The monoisotopic (exact) mass is 437 g/mol. The average molecular weight is 438 g/mol. The van der Waals surface area contributed by atoms with E-state index in [-0.39, 0.29) is 11.4 Å². The number of hydrogen-bond donors (Lipinski definition) is 1. The van der Waals surface area contributed by atoms with Crippen molar-refractivity contribution in [2.24, 2.45) is 0 Å². The largest absolute Gasteiger partial charge is 0.481 e. The summed E-state index contributed by atoms with van der Waals surface area (Å²) < 4.78 is 24.4. The second kappa shape index (κ2) is 8.62. The Balaban J connectivity index is 1.63. The number of furan rings is 1. The molecule has 0 unspecified atom stereocenters. The van der Waals surface area contributed by atoms with E-state index in [1.807, 2.05) is 0 Å². The first-order valence-electron chi connectivity index (χ1n) is 9.47. The van der Waals surface area contributed by atoms with E-state index < -0.39 is 23.6 Å². The Bertz CT molecular complexity index is 1250. The lowest BCUT2D eigenvalue weighted by Crippen LogP contribution is -2.30. The highest BCUT2D eigenvalue weighted by molar-refractivity contribution is 6.30. The molecule has 3 aromatic carbocycles. The van der Waals surface area contributed by atoms with Gasteiger partial charge < -0.3 is 14.5 Å². The fraction of sp³-hybridized carbons (Fsp3) is 0.0833. The zero-order chi connectivity index (χ0) is 22.0. The van der Waals surface area contributed by atoms with Crippen LogP contribution < -0.4 is 10.1 Å². The SMILES string of the molecule is C[C@H](Oc1ccc(F)cc1)C(=O)Nc1c(C(=O)c2ccc(Cl)cc2)oc2ccccc12. The van der Waals surface area contributed by atoms with E-state index in [9.17, 15) is 14.0 Å². The minimum absolute atomic E-state index is 0.00542. The maximum atomic E-state index is 13.1. The van der Waals surface area contributed by atoms with Crippen molar-refractivity contribution in [2.45, 2.75) is 13.0 Å². The normalized spacial score (nSPS) is 11.8. The molecule has 0 aliphatic carbocycles. The Morgan fingerprint density at radius 2 is 1.68 bits per heavy atom. The van der Waals surface area contributed by atoms with Gasteiger partial charge in [-0.05, 0) is 67.6 Å². The van der Waals surface area contributed by atoms with E-state index in [2.05, 4.69) is 5.32 Å². The van der Waals surface area contributed by atoms with Gasteiger partial charge in [0.2, 0.25) is 5.78 Å². The zero-order valence-electron chi connectivity index (χ0n) is 16.4. The molecular formula is C24H17ClFNO4. The molecule has 4 rings (SSSR count).